The summed E-state index contributed by atoms with van der Waals surface area (Å²) < 4.78 is 28.1. The molecule has 0 aromatic heterocycles. The Kier molecular flexibility index (Phi) is 6.34. The first-order valence-corrected chi connectivity index (χ1v) is 10.8. The molecule has 0 aliphatic carbocycles. The first-order valence-electron chi connectivity index (χ1n) is 9.17. The summed E-state index contributed by atoms with van der Waals surface area (Å²) in [6.07, 6.45) is -0.476. The average molecular weight is 526 g/mol. The fraction of sp³-hybridized carbons (Fsp3) is 0.300. The Morgan fingerprint density at radius 1 is 1.03 bits per heavy atom. The van der Waals surface area contributed by atoms with Crippen LogP contribution in [0.4, 0.5) is 4.39 Å². The molecule has 152 valence electrons. The molecule has 0 saturated heterocycles. The lowest BCUT2D eigenvalue weighted by Gasteiger charge is -2.16. The molecular weight excluding hydrogens is 507 g/mol. The Labute approximate surface area is 184 Å². The molecule has 0 radical (unpaired) electrons. The van der Waals surface area contributed by atoms with Crippen LogP contribution in [-0.4, -0.2) is 31.7 Å². The van der Waals surface area contributed by atoms with Crippen LogP contribution in [-0.2, 0) is 22.6 Å². The molecule has 4 rings (SSSR count). The zero-order valence-electron chi connectivity index (χ0n) is 15.4. The van der Waals surface area contributed by atoms with Crippen LogP contribution in [0.25, 0.3) is 0 Å². The fourth-order valence-corrected chi connectivity index (χ4v) is 4.07. The summed E-state index contributed by atoms with van der Waals surface area (Å²) >= 11 is 6.92. The fourth-order valence-electron chi connectivity index (χ4n) is 3.10. The second-order valence-corrected chi connectivity index (χ2v) is 8.42. The van der Waals surface area contributed by atoms with Gasteiger partial charge in [-0.05, 0) is 29.8 Å². The maximum Gasteiger partial charge on any atom is 0.285 e. The van der Waals surface area contributed by atoms with Gasteiger partial charge in [-0.25, -0.2) is 14.4 Å². The number of aliphatic imine (C=N–C) groups is 2. The number of ether oxygens (including phenoxy) is 2. The van der Waals surface area contributed by atoms with Crippen molar-refractivity contribution in [3.05, 3.63) is 67.9 Å². The number of nitrogens with one attached hydrogen (secondary N) is 2. The molecule has 29 heavy (non-hydrogen) atoms. The van der Waals surface area contributed by atoms with Crippen molar-refractivity contribution >= 4 is 43.9 Å². The molecule has 0 bridgehead atoms. The Morgan fingerprint density at radius 2 is 1.90 bits per heavy atom. The van der Waals surface area contributed by atoms with E-state index in [4.69, 9.17) is 9.47 Å². The molecule has 0 saturated carbocycles. The van der Waals surface area contributed by atoms with E-state index in [1.807, 2.05) is 24.3 Å². The molecular formula is C20H19Br2FN4O2. The quantitative estimate of drug-likeness (QED) is 0.618. The number of amidine groups is 2. The zero-order chi connectivity index (χ0) is 20.2. The van der Waals surface area contributed by atoms with Crippen molar-refractivity contribution in [3.63, 3.8) is 0 Å². The maximum atomic E-state index is 15.1. The van der Waals surface area contributed by atoms with Crippen LogP contribution in [0.15, 0.2) is 55.3 Å². The topological polar surface area (TPSA) is 67.2 Å². The van der Waals surface area contributed by atoms with Gasteiger partial charge in [-0.2, -0.15) is 0 Å². The molecule has 9 heteroatoms. The van der Waals surface area contributed by atoms with Crippen molar-refractivity contribution in [3.8, 4) is 0 Å². The molecule has 2 aromatic carbocycles. The maximum absolute atomic E-state index is 15.1. The highest BCUT2D eigenvalue weighted by Gasteiger charge is 2.26. The Bertz CT molecular complexity index is 967. The van der Waals surface area contributed by atoms with Crippen LogP contribution in [0, 0.1) is 5.82 Å². The van der Waals surface area contributed by atoms with E-state index in [2.05, 4.69) is 52.5 Å². The number of halogens is 3. The lowest BCUT2D eigenvalue weighted by atomic mass is 10.0. The summed E-state index contributed by atoms with van der Waals surface area (Å²) in [7, 11) is 0. The second kappa shape index (κ2) is 9.13. The van der Waals surface area contributed by atoms with Crippen molar-refractivity contribution in [2.24, 2.45) is 9.98 Å². The molecule has 2 heterocycles. The standard InChI is InChI=1S/C20H19Br2FN4O2/c21-14-3-1-2-12(6-14)9-25-20-27-11-17(29-20)16-8-15(22)7-13(18(16)23)10-26-19-24-4-5-28-19/h1-3,6-8,17H,4-5,9-11H2,(H,24,26)(H,25,27). The number of hydrogen-bond acceptors (Lipinski definition) is 6. The van der Waals surface area contributed by atoms with Crippen molar-refractivity contribution < 1.29 is 13.9 Å². The van der Waals surface area contributed by atoms with Crippen LogP contribution in [0.3, 0.4) is 0 Å². The minimum absolute atomic E-state index is 0.276. The zero-order valence-corrected chi connectivity index (χ0v) is 18.6. The first kappa shape index (κ1) is 20.2. The monoisotopic (exact) mass is 524 g/mol. The van der Waals surface area contributed by atoms with Crippen LogP contribution in [0.5, 0.6) is 0 Å². The van der Waals surface area contributed by atoms with E-state index in [0.29, 0.717) is 49.4 Å². The molecule has 1 atom stereocenters. The largest absolute Gasteiger partial charge is 0.463 e. The van der Waals surface area contributed by atoms with Crippen molar-refractivity contribution in [2.45, 2.75) is 19.2 Å². The van der Waals surface area contributed by atoms with Gasteiger partial charge in [0.1, 0.15) is 18.5 Å². The van der Waals surface area contributed by atoms with E-state index < -0.39 is 6.10 Å². The van der Waals surface area contributed by atoms with Gasteiger partial charge in [0.2, 0.25) is 0 Å². The van der Waals surface area contributed by atoms with Crippen LogP contribution in [0.2, 0.25) is 0 Å². The molecule has 0 spiro atoms. The molecule has 2 aliphatic rings. The molecule has 0 amide bonds. The molecule has 6 nitrogen and oxygen atoms in total. The highest BCUT2D eigenvalue weighted by molar-refractivity contribution is 9.10. The van der Waals surface area contributed by atoms with Crippen LogP contribution < -0.4 is 10.6 Å². The van der Waals surface area contributed by atoms with E-state index in [1.165, 1.54) is 0 Å². The van der Waals surface area contributed by atoms with E-state index in [1.54, 1.807) is 12.1 Å². The van der Waals surface area contributed by atoms with Crippen molar-refractivity contribution in [2.75, 3.05) is 19.7 Å². The molecule has 2 aromatic rings. The van der Waals surface area contributed by atoms with Gasteiger partial charge in [0.15, 0.2) is 0 Å². The minimum Gasteiger partial charge on any atom is -0.463 e. The summed E-state index contributed by atoms with van der Waals surface area (Å²) in [5.41, 5.74) is 2.06. The summed E-state index contributed by atoms with van der Waals surface area (Å²) in [5, 5.41) is 6.18. The van der Waals surface area contributed by atoms with Gasteiger partial charge in [0, 0.05) is 33.2 Å². The van der Waals surface area contributed by atoms with Gasteiger partial charge >= 0.3 is 0 Å². The Balaban J connectivity index is 1.39. The predicted molar refractivity (Wildman–Crippen MR) is 116 cm³/mol. The normalized spacial score (nSPS) is 18.0. The van der Waals surface area contributed by atoms with Gasteiger partial charge in [-0.3, -0.25) is 0 Å². The number of rotatable bonds is 5. The van der Waals surface area contributed by atoms with Gasteiger partial charge in [0.25, 0.3) is 12.0 Å². The van der Waals surface area contributed by atoms with Gasteiger partial charge in [0.05, 0.1) is 13.1 Å². The minimum atomic E-state index is -0.476. The highest BCUT2D eigenvalue weighted by Crippen LogP contribution is 2.30. The van der Waals surface area contributed by atoms with Crippen LogP contribution >= 0.6 is 31.9 Å². The highest BCUT2D eigenvalue weighted by atomic mass is 79.9. The summed E-state index contributed by atoms with van der Waals surface area (Å²) in [6, 6.07) is 12.3. The van der Waals surface area contributed by atoms with E-state index in [-0.39, 0.29) is 12.4 Å². The third-order valence-corrected chi connectivity index (χ3v) is 5.44. The first-order chi connectivity index (χ1) is 14.1. The number of benzene rings is 2. The third kappa shape index (κ3) is 5.08. The number of nitrogens with zero attached hydrogens (tertiary/aromatic N) is 2. The third-order valence-electron chi connectivity index (χ3n) is 4.49. The Hall–Kier alpha value is -2.13. The molecule has 2 aliphatic heterocycles. The van der Waals surface area contributed by atoms with Gasteiger partial charge < -0.3 is 20.1 Å². The second-order valence-electron chi connectivity index (χ2n) is 6.59. The smallest absolute Gasteiger partial charge is 0.285 e. The summed E-state index contributed by atoms with van der Waals surface area (Å²) in [5.74, 6) is -0.312. The predicted octanol–water partition coefficient (Wildman–Crippen LogP) is 4.04. The van der Waals surface area contributed by atoms with Gasteiger partial charge in [-0.15, -0.1) is 0 Å². The average Bonchev–Trinajstić information content (AvgIpc) is 3.39. The summed E-state index contributed by atoms with van der Waals surface area (Å²) in [4.78, 5) is 8.53. The van der Waals surface area contributed by atoms with E-state index >= 15 is 4.39 Å². The Morgan fingerprint density at radius 3 is 2.69 bits per heavy atom. The van der Waals surface area contributed by atoms with Crippen LogP contribution in [0.1, 0.15) is 22.8 Å². The van der Waals surface area contributed by atoms with Crippen molar-refractivity contribution in [1.29, 1.82) is 0 Å². The van der Waals surface area contributed by atoms with Gasteiger partial charge in [-0.1, -0.05) is 44.0 Å². The van der Waals surface area contributed by atoms with E-state index in [9.17, 15) is 0 Å². The number of hydrogen-bond donors (Lipinski definition) is 2. The lowest BCUT2D eigenvalue weighted by molar-refractivity contribution is 0.213. The lowest BCUT2D eigenvalue weighted by Crippen LogP contribution is -2.25. The molecule has 0 fully saturated rings. The summed E-state index contributed by atoms with van der Waals surface area (Å²) in [6.45, 7) is 2.38. The van der Waals surface area contributed by atoms with E-state index in [0.717, 1.165) is 14.5 Å². The SMILES string of the molecule is Fc1c(CNC2=NCCO2)cc(Br)cc1C1CN=C(NCc2cccc(Br)c2)O1. The van der Waals surface area contributed by atoms with Crippen molar-refractivity contribution in [1.82, 2.24) is 10.6 Å². The molecule has 2 N–H and O–H groups in total. The molecule has 1 unspecified atom stereocenters.